The lowest BCUT2D eigenvalue weighted by Gasteiger charge is -2.27. The third-order valence-corrected chi connectivity index (χ3v) is 3.92. The Labute approximate surface area is 154 Å². The lowest BCUT2D eigenvalue weighted by Crippen LogP contribution is -2.48. The summed E-state index contributed by atoms with van der Waals surface area (Å²) in [7, 11) is 0. The van der Waals surface area contributed by atoms with Crippen LogP contribution in [0.15, 0.2) is 48.5 Å². The van der Waals surface area contributed by atoms with Gasteiger partial charge in [0.05, 0.1) is 12.2 Å². The fourth-order valence-corrected chi connectivity index (χ4v) is 2.50. The first-order chi connectivity index (χ1) is 11.8. The number of nitrogens with one attached hydrogen (secondary N) is 2. The van der Waals surface area contributed by atoms with E-state index in [9.17, 15) is 4.79 Å². The van der Waals surface area contributed by atoms with Crippen LogP contribution < -0.4 is 20.1 Å². The zero-order valence-electron chi connectivity index (χ0n) is 14.2. The van der Waals surface area contributed by atoms with Crippen molar-refractivity contribution in [1.82, 2.24) is 10.6 Å². The van der Waals surface area contributed by atoms with E-state index in [0.717, 1.165) is 13.1 Å². The van der Waals surface area contributed by atoms with Crippen LogP contribution in [0.5, 0.6) is 17.2 Å². The van der Waals surface area contributed by atoms with Crippen molar-refractivity contribution in [2.75, 3.05) is 26.2 Å². The van der Waals surface area contributed by atoms with Gasteiger partial charge in [0.25, 0.3) is 5.91 Å². The van der Waals surface area contributed by atoms with E-state index in [1.54, 1.807) is 12.1 Å². The molecule has 134 valence electrons. The highest BCUT2D eigenvalue weighted by atomic mass is 35.5. The molecule has 0 unspecified atom stereocenters. The van der Waals surface area contributed by atoms with E-state index in [2.05, 4.69) is 10.6 Å². The normalized spacial score (nSPS) is 13.3. The molecule has 0 aliphatic carbocycles. The van der Waals surface area contributed by atoms with Gasteiger partial charge in [0.15, 0.2) is 11.5 Å². The second-order valence-corrected chi connectivity index (χ2v) is 5.71. The van der Waals surface area contributed by atoms with Crippen molar-refractivity contribution >= 4 is 18.3 Å². The molecule has 1 aliphatic heterocycles. The fourth-order valence-electron chi connectivity index (χ4n) is 2.50. The zero-order chi connectivity index (χ0) is 16.8. The zero-order valence-corrected chi connectivity index (χ0v) is 15.0. The van der Waals surface area contributed by atoms with Gasteiger partial charge >= 0.3 is 0 Å². The summed E-state index contributed by atoms with van der Waals surface area (Å²) in [6, 6.07) is 14.7. The number of carbonyl (C=O) groups excluding carboxylic acids is 1. The van der Waals surface area contributed by atoms with Crippen molar-refractivity contribution in [3.05, 3.63) is 54.1 Å². The molecule has 0 bridgehead atoms. The molecule has 0 radical (unpaired) electrons. The number of carbonyl (C=O) groups is 1. The van der Waals surface area contributed by atoms with Crippen LogP contribution in [0.2, 0.25) is 0 Å². The molecule has 2 N–H and O–H groups in total. The first-order valence-electron chi connectivity index (χ1n) is 8.25. The van der Waals surface area contributed by atoms with Gasteiger partial charge < -0.3 is 20.1 Å². The number of para-hydroxylation sites is 3. The molecule has 0 spiro atoms. The summed E-state index contributed by atoms with van der Waals surface area (Å²) >= 11 is 0. The molecule has 0 atom stereocenters. The highest BCUT2D eigenvalue weighted by molar-refractivity contribution is 5.97. The summed E-state index contributed by atoms with van der Waals surface area (Å²) < 4.78 is 11.5. The summed E-state index contributed by atoms with van der Waals surface area (Å²) in [6.07, 6.45) is 0. The Morgan fingerprint density at radius 3 is 2.36 bits per heavy atom. The number of halogens is 1. The van der Waals surface area contributed by atoms with E-state index in [4.69, 9.17) is 9.47 Å². The lowest BCUT2D eigenvalue weighted by molar-refractivity contribution is 0.0940. The molecule has 6 heteroatoms. The van der Waals surface area contributed by atoms with Gasteiger partial charge in [-0.25, -0.2) is 0 Å². The van der Waals surface area contributed by atoms with Crippen LogP contribution >= 0.6 is 12.4 Å². The average Bonchev–Trinajstić information content (AvgIpc) is 2.56. The first kappa shape index (κ1) is 19.1. The number of hydrogen-bond donors (Lipinski definition) is 2. The highest BCUT2D eigenvalue weighted by Crippen LogP contribution is 2.32. The maximum atomic E-state index is 12.5. The van der Waals surface area contributed by atoms with E-state index >= 15 is 0 Å². The lowest BCUT2D eigenvalue weighted by atomic mass is 10.0. The Balaban J connectivity index is 0.00000225. The molecular weight excluding hydrogens is 340 g/mol. The molecule has 5 nitrogen and oxygen atoms in total. The summed E-state index contributed by atoms with van der Waals surface area (Å²) in [4.78, 5) is 12.5. The first-order valence-corrected chi connectivity index (χ1v) is 8.25. The van der Waals surface area contributed by atoms with Gasteiger partial charge in [-0.05, 0) is 31.2 Å². The molecule has 1 amide bonds. The van der Waals surface area contributed by atoms with Crippen molar-refractivity contribution in [3.63, 3.8) is 0 Å². The van der Waals surface area contributed by atoms with Crippen LogP contribution in [0.3, 0.4) is 0 Å². The third kappa shape index (κ3) is 4.87. The molecule has 0 aromatic heterocycles. The molecule has 0 saturated carbocycles. The smallest absolute Gasteiger partial charge is 0.255 e. The van der Waals surface area contributed by atoms with Crippen LogP contribution in [-0.4, -0.2) is 32.1 Å². The summed E-state index contributed by atoms with van der Waals surface area (Å²) in [5.41, 5.74) is 0.524. The molecule has 1 aliphatic rings. The SMILES string of the molecule is CCOc1ccccc1Oc1ccccc1C(=O)NCC1CNC1.Cl. The number of hydrogen-bond acceptors (Lipinski definition) is 4. The minimum Gasteiger partial charge on any atom is -0.490 e. The predicted octanol–water partition coefficient (Wildman–Crippen LogP) is 3.25. The van der Waals surface area contributed by atoms with Crippen LogP contribution in [0, 0.1) is 5.92 Å². The molecule has 1 saturated heterocycles. The van der Waals surface area contributed by atoms with Gasteiger partial charge in [0, 0.05) is 25.6 Å². The van der Waals surface area contributed by atoms with Crippen molar-refractivity contribution in [3.8, 4) is 17.2 Å². The minimum atomic E-state index is -0.119. The molecule has 1 fully saturated rings. The Hall–Kier alpha value is -2.24. The Bertz CT molecular complexity index is 705. The standard InChI is InChI=1S/C19H22N2O3.ClH/c1-2-23-17-9-5-6-10-18(17)24-16-8-4-3-7-15(16)19(22)21-13-14-11-20-12-14;/h3-10,14,20H,2,11-13H2,1H3,(H,21,22);1H. The van der Waals surface area contributed by atoms with Crippen LogP contribution in [0.4, 0.5) is 0 Å². The van der Waals surface area contributed by atoms with Crippen LogP contribution in [-0.2, 0) is 0 Å². The summed E-state index contributed by atoms with van der Waals surface area (Å²) in [6.45, 7) is 5.07. The highest BCUT2D eigenvalue weighted by Gasteiger charge is 2.19. The van der Waals surface area contributed by atoms with Gasteiger partial charge in [-0.15, -0.1) is 12.4 Å². The molecule has 3 rings (SSSR count). The van der Waals surface area contributed by atoms with E-state index in [0.29, 0.717) is 41.9 Å². The van der Waals surface area contributed by atoms with E-state index in [-0.39, 0.29) is 18.3 Å². The maximum absolute atomic E-state index is 12.5. The maximum Gasteiger partial charge on any atom is 0.255 e. The summed E-state index contributed by atoms with van der Waals surface area (Å²) in [5, 5.41) is 6.17. The molecule has 1 heterocycles. The van der Waals surface area contributed by atoms with Gasteiger partial charge in [-0.2, -0.15) is 0 Å². The Morgan fingerprint density at radius 2 is 1.72 bits per heavy atom. The number of rotatable bonds is 7. The summed E-state index contributed by atoms with van der Waals surface area (Å²) in [5.74, 6) is 2.18. The number of ether oxygens (including phenoxy) is 2. The van der Waals surface area contributed by atoms with E-state index in [1.165, 1.54) is 0 Å². The monoisotopic (exact) mass is 362 g/mol. The van der Waals surface area contributed by atoms with Crippen LogP contribution in [0.1, 0.15) is 17.3 Å². The van der Waals surface area contributed by atoms with E-state index in [1.807, 2.05) is 43.3 Å². The Morgan fingerprint density at radius 1 is 1.08 bits per heavy atom. The third-order valence-electron chi connectivity index (χ3n) is 3.92. The van der Waals surface area contributed by atoms with Gasteiger partial charge in [-0.1, -0.05) is 24.3 Å². The second kappa shape index (κ2) is 9.30. The average molecular weight is 363 g/mol. The van der Waals surface area contributed by atoms with Crippen molar-refractivity contribution in [1.29, 1.82) is 0 Å². The number of amides is 1. The number of benzene rings is 2. The molecule has 2 aromatic rings. The van der Waals surface area contributed by atoms with Crippen molar-refractivity contribution < 1.29 is 14.3 Å². The van der Waals surface area contributed by atoms with E-state index < -0.39 is 0 Å². The fraction of sp³-hybridized carbons (Fsp3) is 0.316. The quantitative estimate of drug-likeness (QED) is 0.793. The van der Waals surface area contributed by atoms with Gasteiger partial charge in [-0.3, -0.25) is 4.79 Å². The second-order valence-electron chi connectivity index (χ2n) is 5.71. The largest absolute Gasteiger partial charge is 0.490 e. The predicted molar refractivity (Wildman–Crippen MR) is 100 cm³/mol. The molecule has 25 heavy (non-hydrogen) atoms. The minimum absolute atomic E-state index is 0. The van der Waals surface area contributed by atoms with Gasteiger partial charge in [0.1, 0.15) is 5.75 Å². The van der Waals surface area contributed by atoms with Crippen molar-refractivity contribution in [2.24, 2.45) is 5.92 Å². The molecule has 2 aromatic carbocycles. The Kier molecular flexibility index (Phi) is 7.10. The molecular formula is C19H23ClN2O3. The van der Waals surface area contributed by atoms with Crippen molar-refractivity contribution in [2.45, 2.75) is 6.92 Å². The van der Waals surface area contributed by atoms with Gasteiger partial charge in [0.2, 0.25) is 0 Å². The topological polar surface area (TPSA) is 59.6 Å². The van der Waals surface area contributed by atoms with Crippen LogP contribution in [0.25, 0.3) is 0 Å².